The molecule has 0 spiro atoms. The van der Waals surface area contributed by atoms with Crippen LogP contribution in [0.5, 0.6) is 0 Å². The van der Waals surface area contributed by atoms with Crippen molar-refractivity contribution in [2.75, 3.05) is 5.73 Å². The van der Waals surface area contributed by atoms with E-state index in [2.05, 4.69) is 11.1 Å². The first-order valence-electron chi connectivity index (χ1n) is 2.96. The molecule has 0 fully saturated rings. The quantitative estimate of drug-likeness (QED) is 0.636. The van der Waals surface area contributed by atoms with E-state index in [9.17, 15) is 0 Å². The van der Waals surface area contributed by atoms with Crippen LogP contribution in [0, 0.1) is 0 Å². The van der Waals surface area contributed by atoms with Crippen molar-refractivity contribution in [3.05, 3.63) is 24.4 Å². The molecule has 2 rings (SSSR count). The molecule has 0 radical (unpaired) electrons. The average Bonchev–Trinajstić information content (AvgIpc) is 2.27. The molecule has 10 heavy (non-hydrogen) atoms. The fraction of sp³-hybridized carbons (Fsp3) is 0. The van der Waals surface area contributed by atoms with Gasteiger partial charge in [-0.15, -0.1) is 0 Å². The molecule has 50 valence electrons. The third-order valence-corrected chi connectivity index (χ3v) is 3.23. The van der Waals surface area contributed by atoms with Crippen molar-refractivity contribution in [2.24, 2.45) is 0 Å². The molecule has 2 N–H and O–H groups in total. The molecule has 2 aromatic rings. The predicted molar refractivity (Wildman–Crippen MR) is 43.1 cm³/mol. The van der Waals surface area contributed by atoms with Crippen LogP contribution in [0.4, 0.5) is 4.56 Å². The number of aromatic nitrogens is 1. The summed E-state index contributed by atoms with van der Waals surface area (Å²) in [4.78, 5) is 4.17. The number of hydrogen-bond acceptors (Lipinski definition) is 2. The molecule has 2 aromatic heterocycles. The topological polar surface area (TPSA) is 38.9 Å². The Bertz CT molecular complexity index is 320. The van der Waals surface area contributed by atoms with Gasteiger partial charge in [-0.25, -0.2) is 0 Å². The Hall–Kier alpha value is -0.791. The summed E-state index contributed by atoms with van der Waals surface area (Å²) in [5.74, 6) is 0. The van der Waals surface area contributed by atoms with E-state index in [-0.39, 0.29) is 0 Å². The van der Waals surface area contributed by atoms with Crippen LogP contribution >= 0.6 is 0 Å². The van der Waals surface area contributed by atoms with Gasteiger partial charge in [-0.3, -0.25) is 0 Å². The number of pyridine rings is 1. The zero-order valence-corrected chi connectivity index (χ0v) is 6.96. The third kappa shape index (κ3) is 0.838. The van der Waals surface area contributed by atoms with Crippen LogP contribution in [-0.2, 0) is 0 Å². The predicted octanol–water partition coefficient (Wildman–Crippen LogP) is 0.874. The van der Waals surface area contributed by atoms with Gasteiger partial charge in [0.1, 0.15) is 0 Å². The first-order chi connectivity index (χ1) is 4.86. The van der Waals surface area contributed by atoms with Crippen molar-refractivity contribution in [2.45, 2.75) is 0 Å². The summed E-state index contributed by atoms with van der Waals surface area (Å²) in [5.41, 5.74) is 6.69. The van der Waals surface area contributed by atoms with Crippen molar-refractivity contribution in [3.8, 4) is 0 Å². The van der Waals surface area contributed by atoms with E-state index in [1.807, 2.05) is 12.1 Å². The Morgan fingerprint density at radius 2 is 2.40 bits per heavy atom. The maximum atomic E-state index is 5.63. The second-order valence-corrected chi connectivity index (χ2v) is 4.38. The van der Waals surface area contributed by atoms with Crippen LogP contribution in [-0.4, -0.2) is 19.5 Å². The molecule has 0 saturated carbocycles. The summed E-state index contributed by atoms with van der Waals surface area (Å²) >= 11 is 0.337. The van der Waals surface area contributed by atoms with Crippen LogP contribution in [0.15, 0.2) is 24.4 Å². The number of hydrogen-bond donors (Lipinski definition) is 1. The summed E-state index contributed by atoms with van der Waals surface area (Å²) in [5, 5.41) is 0. The summed E-state index contributed by atoms with van der Waals surface area (Å²) in [6.45, 7) is 0. The van der Waals surface area contributed by atoms with Gasteiger partial charge in [-0.2, -0.15) is 0 Å². The zero-order valence-electron chi connectivity index (χ0n) is 5.24. The van der Waals surface area contributed by atoms with Gasteiger partial charge in [0.2, 0.25) is 0 Å². The van der Waals surface area contributed by atoms with E-state index in [1.54, 1.807) is 6.20 Å². The van der Waals surface area contributed by atoms with Crippen LogP contribution in [0.25, 0.3) is 9.78 Å². The van der Waals surface area contributed by atoms with Crippen LogP contribution < -0.4 is 5.73 Å². The second kappa shape index (κ2) is 2.11. The number of fused-ring (bicyclic) bond motifs is 1. The maximum absolute atomic E-state index is 5.63. The Balaban J connectivity index is 2.88. The monoisotopic (exact) mass is 198 g/mol. The van der Waals surface area contributed by atoms with Crippen LogP contribution in [0.2, 0.25) is 0 Å². The number of anilines is 1. The van der Waals surface area contributed by atoms with Crippen molar-refractivity contribution in [1.82, 2.24) is 4.98 Å². The van der Waals surface area contributed by atoms with Gasteiger partial charge in [0, 0.05) is 0 Å². The number of nitrogens with two attached hydrogens (primary N) is 1. The summed E-state index contributed by atoms with van der Waals surface area (Å²) in [6, 6.07) is 5.99. The molecule has 0 atom stereocenters. The van der Waals surface area contributed by atoms with Gasteiger partial charge < -0.3 is 0 Å². The van der Waals surface area contributed by atoms with Gasteiger partial charge in [-0.1, -0.05) is 0 Å². The summed E-state index contributed by atoms with van der Waals surface area (Å²) in [6.07, 6.45) is 1.80. The Morgan fingerprint density at radius 3 is 3.20 bits per heavy atom. The van der Waals surface area contributed by atoms with E-state index < -0.39 is 0 Å². The summed E-state index contributed by atoms with van der Waals surface area (Å²) < 4.78 is 2.27. The molecule has 0 aliphatic heterocycles. The number of nitrogens with zero attached hydrogens (tertiary/aromatic N) is 1. The number of nitrogen functional groups attached to an aromatic ring is 1. The molecule has 0 unspecified atom stereocenters. The summed E-state index contributed by atoms with van der Waals surface area (Å²) in [7, 11) is 0. The molecule has 3 heteroatoms. The fourth-order valence-electron chi connectivity index (χ4n) is 0.889. The van der Waals surface area contributed by atoms with Gasteiger partial charge in [0.15, 0.2) is 0 Å². The van der Waals surface area contributed by atoms with E-state index in [0.717, 1.165) is 10.1 Å². The third-order valence-electron chi connectivity index (χ3n) is 1.31. The van der Waals surface area contributed by atoms with Crippen molar-refractivity contribution in [1.29, 1.82) is 0 Å². The molecule has 0 saturated heterocycles. The number of rotatable bonds is 0. The Morgan fingerprint density at radius 1 is 1.50 bits per heavy atom. The van der Waals surface area contributed by atoms with Gasteiger partial charge in [0.25, 0.3) is 0 Å². The van der Waals surface area contributed by atoms with Gasteiger partial charge in [0.05, 0.1) is 0 Å². The molecule has 2 nitrogen and oxygen atoms in total. The first kappa shape index (κ1) is 5.95. The zero-order chi connectivity index (χ0) is 6.97. The molecule has 0 aliphatic carbocycles. The van der Waals surface area contributed by atoms with Crippen LogP contribution in [0.1, 0.15) is 0 Å². The van der Waals surface area contributed by atoms with Crippen molar-refractivity contribution in [3.63, 3.8) is 0 Å². The molecular weight excluding hydrogens is 191 g/mol. The standard InChI is InChI=1S/C7H6N2Se/c8-7-4-5-6(10-7)2-1-3-9-5/h1-4H,8H2. The Kier molecular flexibility index (Phi) is 1.26. The van der Waals surface area contributed by atoms with Gasteiger partial charge in [-0.05, 0) is 0 Å². The normalized spacial score (nSPS) is 10.4. The molecule has 2 heterocycles. The van der Waals surface area contributed by atoms with Gasteiger partial charge >= 0.3 is 64.0 Å². The van der Waals surface area contributed by atoms with E-state index in [1.165, 1.54) is 4.26 Å². The van der Waals surface area contributed by atoms with Crippen molar-refractivity contribution >= 4 is 28.8 Å². The molecule has 0 bridgehead atoms. The first-order valence-corrected chi connectivity index (χ1v) is 4.67. The SMILES string of the molecule is Nc1cc2ncccc2[se]1. The molecule has 0 aliphatic rings. The van der Waals surface area contributed by atoms with E-state index in [4.69, 9.17) is 5.73 Å². The van der Waals surface area contributed by atoms with Crippen LogP contribution in [0.3, 0.4) is 0 Å². The van der Waals surface area contributed by atoms with E-state index >= 15 is 0 Å². The molecule has 0 amide bonds. The average molecular weight is 197 g/mol. The molecule has 0 aromatic carbocycles. The fourth-order valence-corrected chi connectivity index (χ4v) is 2.54. The minimum atomic E-state index is 0.337. The Labute approximate surface area is 64.4 Å². The second-order valence-electron chi connectivity index (χ2n) is 2.04. The minimum absolute atomic E-state index is 0.337. The molecular formula is C7H6N2Se. The van der Waals surface area contributed by atoms with Crippen molar-refractivity contribution < 1.29 is 0 Å². The van der Waals surface area contributed by atoms with E-state index in [0.29, 0.717) is 14.5 Å².